The molecule has 0 aromatic carbocycles. The fourth-order valence-corrected chi connectivity index (χ4v) is 4.43. The molecule has 0 aliphatic carbocycles. The molecule has 0 spiro atoms. The molecule has 0 aromatic rings. The van der Waals surface area contributed by atoms with Crippen LogP contribution in [0.2, 0.25) is 0 Å². The van der Waals surface area contributed by atoms with Crippen LogP contribution in [0.5, 0.6) is 0 Å². The van der Waals surface area contributed by atoms with Crippen molar-refractivity contribution in [2.45, 2.75) is 174 Å². The van der Waals surface area contributed by atoms with Gasteiger partial charge < -0.3 is 19.8 Å². The van der Waals surface area contributed by atoms with Gasteiger partial charge in [-0.3, -0.25) is 0 Å². The first kappa shape index (κ1) is 36.2. The van der Waals surface area contributed by atoms with E-state index in [0.29, 0.717) is 6.61 Å². The minimum Gasteiger partial charge on any atom is -0.396 e. The largest absolute Gasteiger partial charge is 0.466 e. The summed E-state index contributed by atoms with van der Waals surface area (Å²) in [4.78, 5) is 21.6. The van der Waals surface area contributed by atoms with Gasteiger partial charge in [0.15, 0.2) is 0 Å². The third-order valence-electron chi connectivity index (χ3n) is 6.51. The third-order valence-corrected chi connectivity index (χ3v) is 6.51. The second-order valence-corrected chi connectivity index (χ2v) is 11.1. The van der Waals surface area contributed by atoms with Crippen LogP contribution in [-0.4, -0.2) is 26.4 Å². The zero-order valence-electron chi connectivity index (χ0n) is 22.7. The summed E-state index contributed by atoms with van der Waals surface area (Å²) in [6.07, 6.45) is 37.1. The van der Waals surface area contributed by atoms with Gasteiger partial charge in [-0.1, -0.05) is 167 Å². The molecule has 34 heavy (non-hydrogen) atoms. The summed E-state index contributed by atoms with van der Waals surface area (Å²) in [5.41, 5.74) is 0. The van der Waals surface area contributed by atoms with Crippen molar-refractivity contribution >= 4 is 7.82 Å². The van der Waals surface area contributed by atoms with Gasteiger partial charge in [0.1, 0.15) is 0 Å². The van der Waals surface area contributed by atoms with E-state index in [1.807, 2.05) is 0 Å². The van der Waals surface area contributed by atoms with Gasteiger partial charge in [-0.2, -0.15) is 0 Å². The SMILES string of the molecule is CCCCCCCCCCCCCCCCCCCCCCCCCCCCO.O=P(O)(O)O. The standard InChI is InChI=1S/C28H58O.H3O4P/c1-2-3-4-5-6-7-8-9-10-11-12-13-14-15-16-17-18-19-20-21-22-23-24-25-26-27-28-29;1-5(2,3)4/h29H,2-28H2,1H3;(H3,1,2,3,4). The van der Waals surface area contributed by atoms with Crippen LogP contribution >= 0.6 is 7.82 Å². The van der Waals surface area contributed by atoms with Crippen molar-refractivity contribution in [2.24, 2.45) is 0 Å². The Kier molecular flexibility index (Phi) is 33.1. The summed E-state index contributed by atoms with van der Waals surface area (Å²) in [6, 6.07) is 0. The summed E-state index contributed by atoms with van der Waals surface area (Å²) in [7, 11) is -4.64. The molecule has 0 aromatic heterocycles. The van der Waals surface area contributed by atoms with E-state index in [9.17, 15) is 0 Å². The van der Waals surface area contributed by atoms with Crippen LogP contribution in [0.1, 0.15) is 174 Å². The maximum absolute atomic E-state index is 8.88. The van der Waals surface area contributed by atoms with Crippen molar-refractivity contribution < 1.29 is 24.4 Å². The number of hydrogen-bond acceptors (Lipinski definition) is 2. The van der Waals surface area contributed by atoms with Crippen LogP contribution < -0.4 is 0 Å². The van der Waals surface area contributed by atoms with E-state index in [1.165, 1.54) is 161 Å². The van der Waals surface area contributed by atoms with Crippen LogP contribution in [0, 0.1) is 0 Å². The molecule has 0 amide bonds. The molecule has 0 aliphatic rings. The highest BCUT2D eigenvalue weighted by Crippen LogP contribution is 2.25. The maximum atomic E-state index is 8.88. The van der Waals surface area contributed by atoms with Crippen LogP contribution in [0.3, 0.4) is 0 Å². The van der Waals surface area contributed by atoms with Crippen LogP contribution in [0.25, 0.3) is 0 Å². The summed E-state index contributed by atoms with van der Waals surface area (Å²) < 4.78 is 8.88. The average Bonchev–Trinajstić information content (AvgIpc) is 2.78. The lowest BCUT2D eigenvalue weighted by Gasteiger charge is -2.04. The smallest absolute Gasteiger partial charge is 0.396 e. The second kappa shape index (κ2) is 31.1. The van der Waals surface area contributed by atoms with Crippen molar-refractivity contribution in [2.75, 3.05) is 6.61 Å². The average molecular weight is 509 g/mol. The van der Waals surface area contributed by atoms with E-state index in [1.54, 1.807) is 0 Å². The first-order valence-electron chi connectivity index (χ1n) is 14.8. The number of unbranched alkanes of at least 4 members (excludes halogenated alkanes) is 25. The molecule has 5 nitrogen and oxygen atoms in total. The topological polar surface area (TPSA) is 98.0 Å². The Morgan fingerprint density at radius 2 is 0.529 bits per heavy atom. The second-order valence-electron chi connectivity index (χ2n) is 10.1. The van der Waals surface area contributed by atoms with E-state index >= 15 is 0 Å². The zero-order chi connectivity index (χ0) is 25.6. The lowest BCUT2D eigenvalue weighted by molar-refractivity contribution is 0.275. The van der Waals surface area contributed by atoms with Gasteiger partial charge in [0, 0.05) is 6.61 Å². The molecule has 0 atom stereocenters. The molecular weight excluding hydrogens is 447 g/mol. The van der Waals surface area contributed by atoms with Crippen molar-refractivity contribution in [3.8, 4) is 0 Å². The molecule has 0 rings (SSSR count). The van der Waals surface area contributed by atoms with E-state index < -0.39 is 7.82 Å². The maximum Gasteiger partial charge on any atom is 0.466 e. The Morgan fingerprint density at radius 1 is 0.382 bits per heavy atom. The molecule has 0 bridgehead atoms. The third kappa shape index (κ3) is 45.6. The van der Waals surface area contributed by atoms with Gasteiger partial charge in [0.2, 0.25) is 0 Å². The molecule has 6 heteroatoms. The molecule has 0 saturated heterocycles. The van der Waals surface area contributed by atoms with E-state index in [-0.39, 0.29) is 0 Å². The van der Waals surface area contributed by atoms with Gasteiger partial charge in [-0.25, -0.2) is 4.57 Å². The summed E-state index contributed by atoms with van der Waals surface area (Å²) in [5.74, 6) is 0. The van der Waals surface area contributed by atoms with Crippen LogP contribution in [0.15, 0.2) is 0 Å². The number of aliphatic hydroxyl groups excluding tert-OH is 1. The molecular formula is C28H61O5P. The predicted molar refractivity (Wildman–Crippen MR) is 147 cm³/mol. The molecule has 0 radical (unpaired) electrons. The van der Waals surface area contributed by atoms with Crippen LogP contribution in [-0.2, 0) is 4.57 Å². The Morgan fingerprint density at radius 3 is 0.676 bits per heavy atom. The first-order valence-corrected chi connectivity index (χ1v) is 16.4. The normalized spacial score (nSPS) is 11.4. The fourth-order valence-electron chi connectivity index (χ4n) is 4.43. The number of rotatable bonds is 26. The van der Waals surface area contributed by atoms with Gasteiger partial charge >= 0.3 is 7.82 Å². The van der Waals surface area contributed by atoms with Gasteiger partial charge in [-0.05, 0) is 6.42 Å². The van der Waals surface area contributed by atoms with Gasteiger partial charge in [0.05, 0.1) is 0 Å². The van der Waals surface area contributed by atoms with Crippen molar-refractivity contribution in [1.29, 1.82) is 0 Å². The summed E-state index contributed by atoms with van der Waals surface area (Å²) in [5, 5.41) is 8.75. The number of aliphatic hydroxyl groups is 1. The molecule has 0 saturated carbocycles. The van der Waals surface area contributed by atoms with E-state index in [2.05, 4.69) is 6.92 Å². The lowest BCUT2D eigenvalue weighted by atomic mass is 10.0. The monoisotopic (exact) mass is 508 g/mol. The highest BCUT2D eigenvalue weighted by atomic mass is 31.2. The van der Waals surface area contributed by atoms with E-state index in [0.717, 1.165) is 6.42 Å². The Hall–Kier alpha value is 0.0700. The van der Waals surface area contributed by atoms with Gasteiger partial charge in [-0.15, -0.1) is 0 Å². The Bertz CT molecular complexity index is 366. The van der Waals surface area contributed by atoms with Crippen molar-refractivity contribution in [3.63, 3.8) is 0 Å². The minimum absolute atomic E-state index is 0.374. The van der Waals surface area contributed by atoms with Crippen LogP contribution in [0.4, 0.5) is 0 Å². The molecule has 208 valence electrons. The Balaban J connectivity index is 0. The summed E-state index contributed by atoms with van der Waals surface area (Å²) in [6.45, 7) is 2.67. The molecule has 4 N–H and O–H groups in total. The predicted octanol–water partition coefficient (Wildman–Crippen LogP) is 9.21. The minimum atomic E-state index is -4.64. The lowest BCUT2D eigenvalue weighted by Crippen LogP contribution is -1.85. The summed E-state index contributed by atoms with van der Waals surface area (Å²) >= 11 is 0. The highest BCUT2D eigenvalue weighted by molar-refractivity contribution is 7.45. The highest BCUT2D eigenvalue weighted by Gasteiger charge is 2.00. The Labute approximate surface area is 212 Å². The molecule has 0 fully saturated rings. The van der Waals surface area contributed by atoms with Crippen molar-refractivity contribution in [3.05, 3.63) is 0 Å². The fraction of sp³-hybridized carbons (Fsp3) is 1.00. The zero-order valence-corrected chi connectivity index (χ0v) is 23.6. The molecule has 0 unspecified atom stereocenters. The van der Waals surface area contributed by atoms with Gasteiger partial charge in [0.25, 0.3) is 0 Å². The quantitative estimate of drug-likeness (QED) is 0.0689. The number of hydrogen-bond donors (Lipinski definition) is 4. The van der Waals surface area contributed by atoms with Crippen molar-refractivity contribution in [1.82, 2.24) is 0 Å². The molecule has 0 heterocycles. The van der Waals surface area contributed by atoms with E-state index in [4.69, 9.17) is 24.4 Å². The number of phosphoric acid groups is 1. The molecule has 0 aliphatic heterocycles. The first-order chi connectivity index (χ1) is 16.4.